The number of anilines is 1. The molecule has 2 atom stereocenters. The van der Waals surface area contributed by atoms with Gasteiger partial charge in [-0.25, -0.2) is 8.42 Å². The molecule has 2 aliphatic rings. The molecule has 2 aromatic rings. The molecule has 0 saturated carbocycles. The summed E-state index contributed by atoms with van der Waals surface area (Å²) in [6.45, 7) is 2.69. The molecule has 0 N–H and O–H groups in total. The number of sulfonamides is 1. The lowest BCUT2D eigenvalue weighted by Crippen LogP contribution is -2.48. The van der Waals surface area contributed by atoms with Crippen LogP contribution in [0.2, 0.25) is 5.02 Å². The minimum Gasteiger partial charge on any atom is -0.309 e. The highest BCUT2D eigenvalue weighted by Crippen LogP contribution is 2.35. The standard InChI is InChI=1S/C21H23ClN2O3S/c1-15-13-16-5-2-3-7-20(16)24(15)21(25)17-6-4-12-23(14-17)28(26,27)19-10-8-18(22)9-11-19/h2-3,5,7-11,15,17H,4,6,12-14H2,1H3/t15-,17+/m0/s1. The SMILES string of the molecule is C[C@H]1Cc2ccccc2N1C(=O)[C@@H]1CCCN(S(=O)(=O)c2ccc(Cl)cc2)C1. The van der Waals surface area contributed by atoms with E-state index < -0.39 is 10.0 Å². The van der Waals surface area contributed by atoms with Crippen molar-refractivity contribution in [3.63, 3.8) is 0 Å². The van der Waals surface area contributed by atoms with Crippen LogP contribution in [0, 0.1) is 5.92 Å². The van der Waals surface area contributed by atoms with E-state index in [-0.39, 0.29) is 29.3 Å². The lowest BCUT2D eigenvalue weighted by atomic mass is 9.97. The molecule has 4 rings (SSSR count). The number of benzene rings is 2. The molecule has 0 radical (unpaired) electrons. The zero-order chi connectivity index (χ0) is 19.9. The molecule has 2 aliphatic heterocycles. The van der Waals surface area contributed by atoms with Crippen LogP contribution in [0.3, 0.4) is 0 Å². The third kappa shape index (κ3) is 3.45. The van der Waals surface area contributed by atoms with Crippen LogP contribution >= 0.6 is 11.6 Å². The fourth-order valence-corrected chi connectivity index (χ4v) is 5.87. The summed E-state index contributed by atoms with van der Waals surface area (Å²) in [5.74, 6) is -0.308. The molecule has 1 saturated heterocycles. The van der Waals surface area contributed by atoms with Crippen molar-refractivity contribution in [3.8, 4) is 0 Å². The van der Waals surface area contributed by atoms with Gasteiger partial charge >= 0.3 is 0 Å². The van der Waals surface area contributed by atoms with Gasteiger partial charge < -0.3 is 4.90 Å². The summed E-state index contributed by atoms with van der Waals surface area (Å²) >= 11 is 5.88. The Morgan fingerprint density at radius 1 is 1.11 bits per heavy atom. The number of piperidine rings is 1. The number of hydrogen-bond donors (Lipinski definition) is 0. The van der Waals surface area contributed by atoms with Gasteiger partial charge in [-0.2, -0.15) is 4.31 Å². The first-order valence-corrected chi connectivity index (χ1v) is 11.4. The number of fused-ring (bicyclic) bond motifs is 1. The Labute approximate surface area is 171 Å². The van der Waals surface area contributed by atoms with Gasteiger partial charge in [0.05, 0.1) is 10.8 Å². The Bertz CT molecular complexity index is 991. The maximum atomic E-state index is 13.3. The zero-order valence-corrected chi connectivity index (χ0v) is 17.3. The van der Waals surface area contributed by atoms with Crippen LogP contribution in [0.25, 0.3) is 0 Å². The number of rotatable bonds is 3. The molecule has 0 unspecified atom stereocenters. The second-order valence-electron chi connectivity index (χ2n) is 7.55. The van der Waals surface area contributed by atoms with Gasteiger partial charge in [-0.1, -0.05) is 29.8 Å². The Hall–Kier alpha value is -1.89. The molecule has 2 aromatic carbocycles. The second kappa shape index (κ2) is 7.50. The van der Waals surface area contributed by atoms with Crippen molar-refractivity contribution in [3.05, 3.63) is 59.1 Å². The second-order valence-corrected chi connectivity index (χ2v) is 9.92. The molecule has 2 heterocycles. The van der Waals surface area contributed by atoms with Gasteiger partial charge in [-0.05, 0) is 62.1 Å². The van der Waals surface area contributed by atoms with E-state index in [4.69, 9.17) is 11.6 Å². The van der Waals surface area contributed by atoms with Crippen molar-refractivity contribution in [2.45, 2.75) is 37.1 Å². The molecule has 0 bridgehead atoms. The number of halogens is 1. The Kier molecular flexibility index (Phi) is 5.21. The fraction of sp³-hybridized carbons (Fsp3) is 0.381. The van der Waals surface area contributed by atoms with Crippen LogP contribution in [-0.4, -0.2) is 37.8 Å². The summed E-state index contributed by atoms with van der Waals surface area (Å²) in [7, 11) is -3.64. The molecule has 7 heteroatoms. The smallest absolute Gasteiger partial charge is 0.243 e. The molecule has 0 spiro atoms. The van der Waals surface area contributed by atoms with E-state index in [2.05, 4.69) is 6.07 Å². The largest absolute Gasteiger partial charge is 0.309 e. The molecule has 5 nitrogen and oxygen atoms in total. The van der Waals surface area contributed by atoms with Crippen molar-refractivity contribution in [2.75, 3.05) is 18.0 Å². The van der Waals surface area contributed by atoms with Gasteiger partial charge in [-0.3, -0.25) is 4.79 Å². The average Bonchev–Trinajstić information content (AvgIpc) is 3.03. The highest BCUT2D eigenvalue weighted by Gasteiger charge is 2.39. The lowest BCUT2D eigenvalue weighted by Gasteiger charge is -2.34. The minimum atomic E-state index is -3.64. The number of carbonyl (C=O) groups is 1. The maximum Gasteiger partial charge on any atom is 0.243 e. The van der Waals surface area contributed by atoms with Gasteiger partial charge in [-0.15, -0.1) is 0 Å². The average molecular weight is 419 g/mol. The van der Waals surface area contributed by atoms with Crippen LogP contribution < -0.4 is 4.90 Å². The zero-order valence-electron chi connectivity index (χ0n) is 15.7. The van der Waals surface area contributed by atoms with Crippen LogP contribution in [0.4, 0.5) is 5.69 Å². The van der Waals surface area contributed by atoms with Crippen molar-refractivity contribution < 1.29 is 13.2 Å². The van der Waals surface area contributed by atoms with E-state index in [1.54, 1.807) is 12.1 Å². The van der Waals surface area contributed by atoms with Crippen LogP contribution in [0.1, 0.15) is 25.3 Å². The number of nitrogens with zero attached hydrogens (tertiary/aromatic N) is 2. The van der Waals surface area contributed by atoms with Gasteiger partial charge in [0, 0.05) is 29.8 Å². The number of carbonyl (C=O) groups excluding carboxylic acids is 1. The summed E-state index contributed by atoms with van der Waals surface area (Å²) in [4.78, 5) is 15.4. The topological polar surface area (TPSA) is 57.7 Å². The van der Waals surface area contributed by atoms with E-state index in [9.17, 15) is 13.2 Å². The molecule has 148 valence electrons. The van der Waals surface area contributed by atoms with Crippen molar-refractivity contribution >= 4 is 33.2 Å². The van der Waals surface area contributed by atoms with E-state index >= 15 is 0 Å². The predicted octanol–water partition coefficient (Wildman–Crippen LogP) is 3.72. The van der Waals surface area contributed by atoms with Gasteiger partial charge in [0.15, 0.2) is 0 Å². The number of para-hydroxylation sites is 1. The summed E-state index contributed by atoms with van der Waals surface area (Å²) in [5, 5.41) is 0.493. The molecular formula is C21H23ClN2O3S. The molecule has 0 aliphatic carbocycles. The van der Waals surface area contributed by atoms with Crippen LogP contribution in [0.15, 0.2) is 53.4 Å². The summed E-state index contributed by atoms with van der Waals surface area (Å²) in [6, 6.07) is 14.2. The minimum absolute atomic E-state index is 0.0217. The van der Waals surface area contributed by atoms with Gasteiger partial charge in [0.25, 0.3) is 0 Å². The highest BCUT2D eigenvalue weighted by atomic mass is 35.5. The van der Waals surface area contributed by atoms with Crippen molar-refractivity contribution in [1.29, 1.82) is 0 Å². The molecule has 0 aromatic heterocycles. The number of amides is 1. The first-order chi connectivity index (χ1) is 13.4. The molecule has 28 heavy (non-hydrogen) atoms. The van der Waals surface area contributed by atoms with E-state index in [0.717, 1.165) is 12.1 Å². The summed E-state index contributed by atoms with van der Waals surface area (Å²) < 4.78 is 27.5. The van der Waals surface area contributed by atoms with E-state index in [1.807, 2.05) is 30.0 Å². The van der Waals surface area contributed by atoms with Gasteiger partial charge in [0.1, 0.15) is 0 Å². The van der Waals surface area contributed by atoms with Crippen molar-refractivity contribution in [1.82, 2.24) is 4.31 Å². The first-order valence-electron chi connectivity index (χ1n) is 9.54. The Morgan fingerprint density at radius 2 is 1.82 bits per heavy atom. The monoisotopic (exact) mass is 418 g/mol. The maximum absolute atomic E-state index is 13.3. The van der Waals surface area contributed by atoms with Gasteiger partial charge in [0.2, 0.25) is 15.9 Å². The fourth-order valence-electron chi connectivity index (χ4n) is 4.22. The van der Waals surface area contributed by atoms with E-state index in [0.29, 0.717) is 24.4 Å². The summed E-state index contributed by atoms with van der Waals surface area (Å²) in [5.41, 5.74) is 2.13. The van der Waals surface area contributed by atoms with Crippen LogP contribution in [-0.2, 0) is 21.2 Å². The van der Waals surface area contributed by atoms with E-state index in [1.165, 1.54) is 22.0 Å². The van der Waals surface area contributed by atoms with Crippen molar-refractivity contribution in [2.24, 2.45) is 5.92 Å². The third-order valence-corrected chi connectivity index (χ3v) is 7.76. The Morgan fingerprint density at radius 3 is 2.57 bits per heavy atom. The third-order valence-electron chi connectivity index (χ3n) is 5.63. The predicted molar refractivity (Wildman–Crippen MR) is 110 cm³/mol. The molecular weight excluding hydrogens is 396 g/mol. The quantitative estimate of drug-likeness (QED) is 0.763. The molecule has 1 fully saturated rings. The highest BCUT2D eigenvalue weighted by molar-refractivity contribution is 7.89. The first kappa shape index (κ1) is 19.4. The summed E-state index contributed by atoms with van der Waals surface area (Å²) in [6.07, 6.45) is 2.21. The Balaban J connectivity index is 1.56. The molecule has 1 amide bonds. The lowest BCUT2D eigenvalue weighted by molar-refractivity contribution is -0.123. The normalized spacial score (nSPS) is 22.9. The number of hydrogen-bond acceptors (Lipinski definition) is 3. The van der Waals surface area contributed by atoms with Crippen LogP contribution in [0.5, 0.6) is 0 Å².